The lowest BCUT2D eigenvalue weighted by atomic mass is 9.36. The third-order valence-corrected chi connectivity index (χ3v) is 12.5. The number of aliphatic hydroxyl groups excluding tert-OH is 1. The molecule has 1 unspecified atom stereocenters. The van der Waals surface area contributed by atoms with E-state index in [0.717, 1.165) is 63.4 Å². The molecule has 5 heteroatoms. The number of fused-ring (bicyclic) bond motifs is 4. The Hall–Kier alpha value is -1.27. The van der Waals surface area contributed by atoms with Crippen LogP contribution in [0.25, 0.3) is 0 Å². The average Bonchev–Trinajstić information content (AvgIpc) is 3.12. The summed E-state index contributed by atoms with van der Waals surface area (Å²) in [6.45, 7) is 9.06. The van der Waals surface area contributed by atoms with Crippen molar-refractivity contribution < 1.29 is 24.8 Å². The van der Waals surface area contributed by atoms with E-state index in [1.54, 1.807) is 6.92 Å². The van der Waals surface area contributed by atoms with Crippen molar-refractivity contribution in [1.29, 1.82) is 0 Å². The highest BCUT2D eigenvalue weighted by atomic mass is 17.2. The van der Waals surface area contributed by atoms with Crippen molar-refractivity contribution in [3.05, 3.63) is 34.9 Å². The Morgan fingerprint density at radius 2 is 1.86 bits per heavy atom. The van der Waals surface area contributed by atoms with Crippen LogP contribution in [-0.2, 0) is 16.2 Å². The van der Waals surface area contributed by atoms with E-state index in [1.807, 2.05) is 6.07 Å². The van der Waals surface area contributed by atoms with Gasteiger partial charge in [-0.05, 0) is 116 Å². The minimum absolute atomic E-state index is 0.0288. The van der Waals surface area contributed by atoms with Crippen LogP contribution in [0.15, 0.2) is 18.2 Å². The zero-order chi connectivity index (χ0) is 26.0. The maximum Gasteiger partial charge on any atom is 0.159 e. The maximum absolute atomic E-state index is 12.8. The molecule has 202 valence electrons. The van der Waals surface area contributed by atoms with E-state index in [-0.39, 0.29) is 28.1 Å². The van der Waals surface area contributed by atoms with Gasteiger partial charge in [0.05, 0.1) is 18.3 Å². The van der Waals surface area contributed by atoms with Gasteiger partial charge >= 0.3 is 0 Å². The lowest BCUT2D eigenvalue weighted by Crippen LogP contribution is -2.70. The molecule has 0 amide bonds. The number of hydrogen-bond acceptors (Lipinski definition) is 5. The Bertz CT molecular complexity index is 1140. The Balaban J connectivity index is 1.37. The summed E-state index contributed by atoms with van der Waals surface area (Å²) in [5.74, 6) is 1.85. The molecule has 5 aliphatic carbocycles. The lowest BCUT2D eigenvalue weighted by molar-refractivity contribution is -0.425. The second kappa shape index (κ2) is 7.68. The smallest absolute Gasteiger partial charge is 0.159 e. The van der Waals surface area contributed by atoms with Crippen molar-refractivity contribution in [2.45, 2.75) is 115 Å². The molecule has 4 saturated carbocycles. The first-order valence-electron chi connectivity index (χ1n) is 14.8. The lowest BCUT2D eigenvalue weighted by Gasteiger charge is -2.70. The summed E-state index contributed by atoms with van der Waals surface area (Å²) < 4.78 is 0. The van der Waals surface area contributed by atoms with Crippen LogP contribution in [0, 0.1) is 34.0 Å². The van der Waals surface area contributed by atoms with Gasteiger partial charge in [-0.2, -0.15) is 0 Å². The summed E-state index contributed by atoms with van der Waals surface area (Å²) >= 11 is 0. The standard InChI is InChI=1S/C32H44O5/c1-19(33)20-5-6-22-21(13-20)14-31-12-11-30(16-28(2,3)18-36-37-30)17-32(31,35)10-9-23-25-7-8-26(34)29(25,4)15-24(22)27(23)31/h5-6,13,23-27,34-35H,7-12,14-18H2,1-4H3/t23-,24+,25-,26-,27+,29-,30?,31-,32+/m0/s1. The largest absolute Gasteiger partial charge is 0.393 e. The van der Waals surface area contributed by atoms with Crippen LogP contribution in [0.1, 0.15) is 113 Å². The zero-order valence-corrected chi connectivity index (χ0v) is 23.0. The topological polar surface area (TPSA) is 76.0 Å². The molecule has 1 aromatic carbocycles. The van der Waals surface area contributed by atoms with Gasteiger partial charge in [-0.15, -0.1) is 0 Å². The fourth-order valence-electron chi connectivity index (χ4n) is 11.1. The summed E-state index contributed by atoms with van der Waals surface area (Å²) in [6.07, 6.45) is 8.74. The molecule has 1 aromatic rings. The van der Waals surface area contributed by atoms with E-state index in [9.17, 15) is 15.0 Å². The minimum atomic E-state index is -0.823. The van der Waals surface area contributed by atoms with E-state index in [2.05, 4.69) is 32.9 Å². The van der Waals surface area contributed by atoms with Gasteiger partial charge in [-0.25, -0.2) is 9.78 Å². The number of hydrogen-bond donors (Lipinski definition) is 2. The molecule has 1 aliphatic heterocycles. The molecule has 0 radical (unpaired) electrons. The van der Waals surface area contributed by atoms with Gasteiger partial charge in [0.1, 0.15) is 5.60 Å². The monoisotopic (exact) mass is 508 g/mol. The fraction of sp³-hybridized carbons (Fsp3) is 0.781. The van der Waals surface area contributed by atoms with Gasteiger partial charge in [0, 0.05) is 17.4 Å². The van der Waals surface area contributed by atoms with E-state index in [4.69, 9.17) is 9.78 Å². The van der Waals surface area contributed by atoms with Crippen molar-refractivity contribution >= 4 is 5.78 Å². The quantitative estimate of drug-likeness (QED) is 0.373. The van der Waals surface area contributed by atoms with Gasteiger partial charge in [0.2, 0.25) is 0 Å². The second-order valence-corrected chi connectivity index (χ2v) is 15.1. The summed E-state index contributed by atoms with van der Waals surface area (Å²) in [5.41, 5.74) is 1.86. The van der Waals surface area contributed by atoms with E-state index >= 15 is 0 Å². The normalized spacial score (nSPS) is 49.5. The summed E-state index contributed by atoms with van der Waals surface area (Å²) in [7, 11) is 0. The van der Waals surface area contributed by atoms with Crippen molar-refractivity contribution in [3.63, 3.8) is 0 Å². The van der Waals surface area contributed by atoms with E-state index < -0.39 is 11.2 Å². The number of carbonyl (C=O) groups is 1. The molecule has 7 rings (SSSR count). The summed E-state index contributed by atoms with van der Waals surface area (Å²) in [6, 6.07) is 6.35. The van der Waals surface area contributed by atoms with Crippen LogP contribution in [0.5, 0.6) is 0 Å². The van der Waals surface area contributed by atoms with Crippen LogP contribution in [0.3, 0.4) is 0 Å². The fourth-order valence-corrected chi connectivity index (χ4v) is 11.1. The van der Waals surface area contributed by atoms with Crippen LogP contribution in [0.4, 0.5) is 0 Å². The van der Waals surface area contributed by atoms with Gasteiger partial charge in [-0.1, -0.05) is 32.9 Å². The Labute approximate surface area is 221 Å². The Morgan fingerprint density at radius 3 is 2.62 bits per heavy atom. The molecule has 5 fully saturated rings. The molecule has 0 bridgehead atoms. The van der Waals surface area contributed by atoms with Crippen LogP contribution in [-0.4, -0.2) is 39.9 Å². The van der Waals surface area contributed by atoms with E-state index in [1.165, 1.54) is 11.1 Å². The van der Waals surface area contributed by atoms with Crippen LogP contribution >= 0.6 is 0 Å². The zero-order valence-electron chi connectivity index (χ0n) is 23.0. The summed E-state index contributed by atoms with van der Waals surface area (Å²) in [4.78, 5) is 24.2. The van der Waals surface area contributed by atoms with Crippen LogP contribution < -0.4 is 0 Å². The first-order chi connectivity index (χ1) is 17.4. The Kier molecular flexibility index (Phi) is 5.14. The molecule has 1 saturated heterocycles. The predicted molar refractivity (Wildman–Crippen MR) is 140 cm³/mol. The maximum atomic E-state index is 12.8. The predicted octanol–water partition coefficient (Wildman–Crippen LogP) is 5.75. The number of aliphatic hydroxyl groups is 2. The third kappa shape index (κ3) is 3.27. The van der Waals surface area contributed by atoms with Crippen molar-refractivity contribution in [2.24, 2.45) is 34.0 Å². The molecule has 2 spiro atoms. The first kappa shape index (κ1) is 24.7. The highest BCUT2D eigenvalue weighted by Gasteiger charge is 2.72. The molecule has 0 aromatic heterocycles. The highest BCUT2D eigenvalue weighted by Crippen LogP contribution is 2.74. The second-order valence-electron chi connectivity index (χ2n) is 15.1. The number of rotatable bonds is 1. The number of Topliss-reactive ketones (excluding diaryl/α,β-unsaturated/α-hetero) is 1. The number of ketones is 1. The molecule has 2 N–H and O–H groups in total. The number of benzene rings is 1. The molecular weight excluding hydrogens is 464 g/mol. The van der Waals surface area contributed by atoms with Gasteiger partial charge < -0.3 is 10.2 Å². The van der Waals surface area contributed by atoms with Gasteiger partial charge in [-0.3, -0.25) is 4.79 Å². The van der Waals surface area contributed by atoms with Crippen molar-refractivity contribution in [1.82, 2.24) is 0 Å². The van der Waals surface area contributed by atoms with Crippen molar-refractivity contribution in [2.75, 3.05) is 6.61 Å². The molecule has 9 atom stereocenters. The van der Waals surface area contributed by atoms with Gasteiger partial charge in [0.25, 0.3) is 0 Å². The Morgan fingerprint density at radius 1 is 1.05 bits per heavy atom. The molecule has 6 aliphatic rings. The molecule has 1 heterocycles. The highest BCUT2D eigenvalue weighted by molar-refractivity contribution is 5.94. The number of carbonyl (C=O) groups excluding carboxylic acids is 1. The minimum Gasteiger partial charge on any atom is -0.393 e. The van der Waals surface area contributed by atoms with Crippen molar-refractivity contribution in [3.8, 4) is 0 Å². The van der Waals surface area contributed by atoms with Crippen LogP contribution in [0.2, 0.25) is 0 Å². The summed E-state index contributed by atoms with van der Waals surface area (Å²) in [5, 5.41) is 24.0. The first-order valence-corrected chi connectivity index (χ1v) is 14.8. The van der Waals surface area contributed by atoms with E-state index in [0.29, 0.717) is 36.7 Å². The molecular formula is C32H44O5. The third-order valence-electron chi connectivity index (χ3n) is 12.5. The molecule has 37 heavy (non-hydrogen) atoms. The molecule has 5 nitrogen and oxygen atoms in total. The average molecular weight is 509 g/mol. The van der Waals surface area contributed by atoms with Gasteiger partial charge in [0.15, 0.2) is 5.78 Å². The SMILES string of the molecule is CC(=O)c1ccc2c(c1)C[C@]13CCC4(CC(C)(C)COO4)C[C@]1(O)CC[C@@H]1[C@@H]3[C@@H]2C[C@]2(C)[C@@H](O)CC[C@@H]12.